The number of carbonyl (C=O) groups is 1. The molecule has 0 unspecified atom stereocenters. The topological polar surface area (TPSA) is 47.3 Å². The monoisotopic (exact) mass is 233 g/mol. The van der Waals surface area contributed by atoms with E-state index in [0.29, 0.717) is 11.5 Å². The van der Waals surface area contributed by atoms with Crippen LogP contribution in [0.15, 0.2) is 11.6 Å². The average molecular weight is 233 g/mol. The van der Waals surface area contributed by atoms with Crippen molar-refractivity contribution in [2.45, 2.75) is 19.8 Å². The molecule has 2 fully saturated rings. The van der Waals surface area contributed by atoms with Gasteiger partial charge in [0, 0.05) is 26.2 Å². The third-order valence-electron chi connectivity index (χ3n) is 3.48. The molecule has 1 saturated carbocycles. The predicted octanol–water partition coefficient (Wildman–Crippen LogP) is 1.01. The first-order valence-corrected chi connectivity index (χ1v) is 6.38. The molecule has 4 heteroatoms. The number of allylic oxidation sites excluding steroid dienone is 1. The number of likely N-dealkylation sites (N-methyl/N-ethyl adjacent to an activating group) is 1. The summed E-state index contributed by atoms with van der Waals surface area (Å²) in [7, 11) is 0. The van der Waals surface area contributed by atoms with Crippen molar-refractivity contribution < 1.29 is 4.79 Å². The minimum Gasteiger partial charge on any atom is -0.335 e. The Labute approximate surface area is 102 Å². The highest BCUT2D eigenvalue weighted by molar-refractivity contribution is 5.97. The van der Waals surface area contributed by atoms with Crippen LogP contribution in [-0.4, -0.2) is 48.4 Å². The Morgan fingerprint density at radius 2 is 2.00 bits per heavy atom. The summed E-state index contributed by atoms with van der Waals surface area (Å²) in [6, 6.07) is 2.05. The Bertz CT molecular complexity index is 357. The zero-order valence-corrected chi connectivity index (χ0v) is 10.4. The number of hydrogen-bond donors (Lipinski definition) is 0. The molecule has 1 saturated heterocycles. The fourth-order valence-electron chi connectivity index (χ4n) is 2.09. The SMILES string of the molecule is CCN1CCN(C(=O)/C(C#N)=C\C2CC2)CC1. The second-order valence-corrected chi connectivity index (χ2v) is 4.76. The largest absolute Gasteiger partial charge is 0.335 e. The van der Waals surface area contributed by atoms with E-state index in [4.69, 9.17) is 5.26 Å². The lowest BCUT2D eigenvalue weighted by Gasteiger charge is -2.33. The molecule has 0 aromatic rings. The Balaban J connectivity index is 1.93. The lowest BCUT2D eigenvalue weighted by molar-refractivity contribution is -0.128. The van der Waals surface area contributed by atoms with Gasteiger partial charge >= 0.3 is 0 Å². The van der Waals surface area contributed by atoms with Gasteiger partial charge in [0.2, 0.25) is 0 Å². The molecule has 2 rings (SSSR count). The zero-order chi connectivity index (χ0) is 12.3. The molecule has 92 valence electrons. The van der Waals surface area contributed by atoms with Crippen molar-refractivity contribution in [3.8, 4) is 6.07 Å². The normalized spacial score (nSPS) is 22.4. The molecule has 0 aromatic heterocycles. The van der Waals surface area contributed by atoms with Crippen LogP contribution in [-0.2, 0) is 4.79 Å². The molecule has 0 aromatic carbocycles. The second kappa shape index (κ2) is 5.33. The van der Waals surface area contributed by atoms with Crippen molar-refractivity contribution in [2.24, 2.45) is 5.92 Å². The molecule has 4 nitrogen and oxygen atoms in total. The van der Waals surface area contributed by atoms with Gasteiger partial charge in [-0.05, 0) is 25.3 Å². The molecular formula is C13H19N3O. The van der Waals surface area contributed by atoms with Gasteiger partial charge in [-0.2, -0.15) is 5.26 Å². The van der Waals surface area contributed by atoms with E-state index in [0.717, 1.165) is 45.6 Å². The smallest absolute Gasteiger partial charge is 0.264 e. The van der Waals surface area contributed by atoms with Crippen molar-refractivity contribution in [1.29, 1.82) is 5.26 Å². The van der Waals surface area contributed by atoms with Gasteiger partial charge < -0.3 is 9.80 Å². The Morgan fingerprint density at radius 3 is 2.47 bits per heavy atom. The highest BCUT2D eigenvalue weighted by Crippen LogP contribution is 2.31. The van der Waals surface area contributed by atoms with E-state index in [-0.39, 0.29) is 5.91 Å². The lowest BCUT2D eigenvalue weighted by atomic mass is 10.2. The van der Waals surface area contributed by atoms with Gasteiger partial charge in [-0.25, -0.2) is 0 Å². The van der Waals surface area contributed by atoms with Gasteiger partial charge in [-0.1, -0.05) is 13.0 Å². The van der Waals surface area contributed by atoms with Gasteiger partial charge in [-0.3, -0.25) is 4.79 Å². The summed E-state index contributed by atoms with van der Waals surface area (Å²) in [6.45, 7) is 6.50. The maximum atomic E-state index is 12.1. The number of amides is 1. The number of rotatable bonds is 3. The summed E-state index contributed by atoms with van der Waals surface area (Å²) >= 11 is 0. The highest BCUT2D eigenvalue weighted by atomic mass is 16.2. The van der Waals surface area contributed by atoms with E-state index in [1.165, 1.54) is 0 Å². The molecule has 1 aliphatic heterocycles. The first-order chi connectivity index (χ1) is 8.24. The third-order valence-corrected chi connectivity index (χ3v) is 3.48. The average Bonchev–Trinajstić information content (AvgIpc) is 3.19. The van der Waals surface area contributed by atoms with E-state index in [1.807, 2.05) is 11.0 Å². The lowest BCUT2D eigenvalue weighted by Crippen LogP contribution is -2.48. The van der Waals surface area contributed by atoms with E-state index >= 15 is 0 Å². The van der Waals surface area contributed by atoms with Crippen LogP contribution in [0.2, 0.25) is 0 Å². The number of hydrogen-bond acceptors (Lipinski definition) is 3. The third kappa shape index (κ3) is 3.07. The van der Waals surface area contributed by atoms with E-state index in [2.05, 4.69) is 17.9 Å². The van der Waals surface area contributed by atoms with Gasteiger partial charge in [0.1, 0.15) is 11.6 Å². The summed E-state index contributed by atoms with van der Waals surface area (Å²) in [5.74, 6) is 0.403. The van der Waals surface area contributed by atoms with Crippen LogP contribution in [0, 0.1) is 17.2 Å². The fourth-order valence-corrected chi connectivity index (χ4v) is 2.09. The quantitative estimate of drug-likeness (QED) is 0.540. The van der Waals surface area contributed by atoms with Gasteiger partial charge in [0.25, 0.3) is 5.91 Å². The van der Waals surface area contributed by atoms with E-state index < -0.39 is 0 Å². The molecule has 1 amide bonds. The van der Waals surface area contributed by atoms with Crippen LogP contribution in [0.4, 0.5) is 0 Å². The fraction of sp³-hybridized carbons (Fsp3) is 0.692. The number of carbonyl (C=O) groups excluding carboxylic acids is 1. The maximum absolute atomic E-state index is 12.1. The standard InChI is InChI=1S/C13H19N3O/c1-2-15-5-7-16(8-6-15)13(17)12(10-14)9-11-3-4-11/h9,11H,2-8H2,1H3/b12-9-. The van der Waals surface area contributed by atoms with Crippen molar-refractivity contribution >= 4 is 5.91 Å². The summed E-state index contributed by atoms with van der Waals surface area (Å²) in [5, 5.41) is 9.03. The molecular weight excluding hydrogens is 214 g/mol. The van der Waals surface area contributed by atoms with Crippen molar-refractivity contribution in [2.75, 3.05) is 32.7 Å². The van der Waals surface area contributed by atoms with E-state index in [1.54, 1.807) is 0 Å². The van der Waals surface area contributed by atoms with Gasteiger partial charge in [0.15, 0.2) is 0 Å². The van der Waals surface area contributed by atoms with Crippen LogP contribution < -0.4 is 0 Å². The van der Waals surface area contributed by atoms with Crippen LogP contribution in [0.1, 0.15) is 19.8 Å². The van der Waals surface area contributed by atoms with Crippen LogP contribution in [0.3, 0.4) is 0 Å². The summed E-state index contributed by atoms with van der Waals surface area (Å²) in [4.78, 5) is 16.2. The van der Waals surface area contributed by atoms with E-state index in [9.17, 15) is 4.79 Å². The molecule has 2 aliphatic rings. The Morgan fingerprint density at radius 1 is 1.35 bits per heavy atom. The van der Waals surface area contributed by atoms with Gasteiger partial charge in [-0.15, -0.1) is 0 Å². The van der Waals surface area contributed by atoms with Gasteiger partial charge in [0.05, 0.1) is 0 Å². The molecule has 1 heterocycles. The minimum absolute atomic E-state index is 0.0739. The molecule has 0 radical (unpaired) electrons. The minimum atomic E-state index is -0.0739. The van der Waals surface area contributed by atoms with Crippen molar-refractivity contribution in [3.05, 3.63) is 11.6 Å². The zero-order valence-electron chi connectivity index (χ0n) is 10.4. The first kappa shape index (κ1) is 12.1. The Hall–Kier alpha value is -1.34. The molecule has 0 N–H and O–H groups in total. The van der Waals surface area contributed by atoms with Crippen LogP contribution in [0.25, 0.3) is 0 Å². The van der Waals surface area contributed by atoms with Crippen LogP contribution in [0.5, 0.6) is 0 Å². The highest BCUT2D eigenvalue weighted by Gasteiger charge is 2.26. The maximum Gasteiger partial charge on any atom is 0.264 e. The number of nitriles is 1. The predicted molar refractivity (Wildman–Crippen MR) is 65.1 cm³/mol. The summed E-state index contributed by atoms with van der Waals surface area (Å²) in [6.07, 6.45) is 4.11. The number of piperazine rings is 1. The molecule has 1 aliphatic carbocycles. The molecule has 17 heavy (non-hydrogen) atoms. The molecule has 0 atom stereocenters. The Kier molecular flexibility index (Phi) is 3.80. The van der Waals surface area contributed by atoms with Crippen molar-refractivity contribution in [3.63, 3.8) is 0 Å². The second-order valence-electron chi connectivity index (χ2n) is 4.76. The first-order valence-electron chi connectivity index (χ1n) is 6.38. The van der Waals surface area contributed by atoms with Crippen molar-refractivity contribution in [1.82, 2.24) is 9.80 Å². The summed E-state index contributed by atoms with van der Waals surface area (Å²) in [5.41, 5.74) is 0.345. The molecule has 0 spiro atoms. The number of nitrogens with zero attached hydrogens (tertiary/aromatic N) is 3. The summed E-state index contributed by atoms with van der Waals surface area (Å²) < 4.78 is 0. The van der Waals surface area contributed by atoms with Crippen LogP contribution >= 0.6 is 0 Å². The molecule has 0 bridgehead atoms.